The third-order valence-electron chi connectivity index (χ3n) is 2.65. The number of nitrogens with zero attached hydrogens (tertiary/aromatic N) is 1. The van der Waals surface area contributed by atoms with Crippen LogP contribution in [0.3, 0.4) is 0 Å². The van der Waals surface area contributed by atoms with E-state index in [1.807, 2.05) is 5.38 Å². The molecular weight excluding hydrogens is 304 g/mol. The molecule has 1 aromatic rings. The zero-order valence-corrected chi connectivity index (χ0v) is 12.2. The third kappa shape index (κ3) is 6.02. The summed E-state index contributed by atoms with van der Waals surface area (Å²) in [6, 6.07) is 0. The zero-order chi connectivity index (χ0) is 12.7. The fourth-order valence-electron chi connectivity index (χ4n) is 1.60. The van der Waals surface area contributed by atoms with E-state index in [1.165, 1.54) is 0 Å². The van der Waals surface area contributed by atoms with Crippen LogP contribution in [0.25, 0.3) is 0 Å². The van der Waals surface area contributed by atoms with E-state index in [0.29, 0.717) is 5.92 Å². The van der Waals surface area contributed by atoms with Gasteiger partial charge in [-0.05, 0) is 34.7 Å². The zero-order valence-electron chi connectivity index (χ0n) is 9.78. The Balaban J connectivity index is 2.21. The lowest BCUT2D eigenvalue weighted by atomic mass is 9.97. The minimum Gasteiger partial charge on any atom is -0.481 e. The molecular formula is C11H17BrN2O2S. The van der Waals surface area contributed by atoms with E-state index in [9.17, 15) is 4.79 Å². The van der Waals surface area contributed by atoms with Gasteiger partial charge in [0.1, 0.15) is 4.60 Å². The van der Waals surface area contributed by atoms with Crippen molar-refractivity contribution in [3.8, 4) is 0 Å². The molecule has 0 saturated carbocycles. The number of carboxylic acid groups (broad SMARTS) is 1. The molecule has 0 spiro atoms. The molecule has 4 nitrogen and oxygen atoms in total. The quantitative estimate of drug-likeness (QED) is 0.768. The van der Waals surface area contributed by atoms with E-state index in [2.05, 4.69) is 33.2 Å². The molecule has 1 heterocycles. The molecule has 1 aromatic heterocycles. The van der Waals surface area contributed by atoms with Gasteiger partial charge in [-0.3, -0.25) is 4.79 Å². The standard InChI is InChI=1S/C11H17BrN2O2S/c1-2-8(3-4-10(15)16)5-6-13-11-14-9(12)7-17-11/h7-8H,2-6H2,1H3,(H,13,14)(H,15,16). The lowest BCUT2D eigenvalue weighted by molar-refractivity contribution is -0.137. The molecule has 96 valence electrons. The Morgan fingerprint density at radius 1 is 1.65 bits per heavy atom. The second-order valence-electron chi connectivity index (χ2n) is 3.90. The Morgan fingerprint density at radius 2 is 2.41 bits per heavy atom. The lowest BCUT2D eigenvalue weighted by Gasteiger charge is -2.13. The molecule has 0 aliphatic heterocycles. The third-order valence-corrected chi connectivity index (χ3v) is 4.16. The number of anilines is 1. The van der Waals surface area contributed by atoms with Crippen molar-refractivity contribution in [1.29, 1.82) is 0 Å². The van der Waals surface area contributed by atoms with Crippen molar-refractivity contribution < 1.29 is 9.90 Å². The fraction of sp³-hybridized carbons (Fsp3) is 0.636. The Labute approximate surface area is 114 Å². The molecule has 0 saturated heterocycles. The summed E-state index contributed by atoms with van der Waals surface area (Å²) in [5, 5.41) is 14.7. The molecule has 0 aromatic carbocycles. The maximum Gasteiger partial charge on any atom is 0.303 e. The highest BCUT2D eigenvalue weighted by Gasteiger charge is 2.09. The minimum atomic E-state index is -0.708. The van der Waals surface area contributed by atoms with Gasteiger partial charge in [0, 0.05) is 18.3 Å². The number of thiazole rings is 1. The first-order chi connectivity index (χ1) is 8.11. The predicted molar refractivity (Wildman–Crippen MR) is 73.6 cm³/mol. The number of carbonyl (C=O) groups is 1. The van der Waals surface area contributed by atoms with Crippen LogP contribution >= 0.6 is 27.3 Å². The number of hydrogen-bond acceptors (Lipinski definition) is 4. The molecule has 1 atom stereocenters. The van der Waals surface area contributed by atoms with Crippen LogP contribution in [-0.4, -0.2) is 22.6 Å². The number of hydrogen-bond donors (Lipinski definition) is 2. The van der Waals surface area contributed by atoms with Gasteiger partial charge >= 0.3 is 5.97 Å². The highest BCUT2D eigenvalue weighted by molar-refractivity contribution is 9.10. The van der Waals surface area contributed by atoms with E-state index < -0.39 is 5.97 Å². The molecule has 0 radical (unpaired) electrons. The molecule has 6 heteroatoms. The summed E-state index contributed by atoms with van der Waals surface area (Å²) in [5.41, 5.74) is 0. The van der Waals surface area contributed by atoms with Gasteiger partial charge in [0.05, 0.1) is 0 Å². The molecule has 0 fully saturated rings. The average Bonchev–Trinajstić information content (AvgIpc) is 2.69. The first kappa shape index (κ1) is 14.4. The molecule has 0 aliphatic rings. The van der Waals surface area contributed by atoms with Gasteiger partial charge in [-0.2, -0.15) is 0 Å². The summed E-state index contributed by atoms with van der Waals surface area (Å²) in [6.07, 6.45) is 3.04. The van der Waals surface area contributed by atoms with Gasteiger partial charge in [-0.1, -0.05) is 13.3 Å². The topological polar surface area (TPSA) is 62.2 Å². The second kappa shape index (κ2) is 7.66. The molecule has 0 bridgehead atoms. The maximum atomic E-state index is 10.5. The number of aliphatic carboxylic acids is 1. The highest BCUT2D eigenvalue weighted by atomic mass is 79.9. The van der Waals surface area contributed by atoms with Gasteiger partial charge in [0.15, 0.2) is 5.13 Å². The Bertz CT molecular complexity index is 357. The predicted octanol–water partition coefficient (Wildman–Crippen LogP) is 3.60. The number of rotatable bonds is 8. The van der Waals surface area contributed by atoms with E-state index >= 15 is 0 Å². The van der Waals surface area contributed by atoms with Crippen LogP contribution in [0.1, 0.15) is 32.6 Å². The van der Waals surface area contributed by atoms with Crippen LogP contribution in [0, 0.1) is 5.92 Å². The molecule has 17 heavy (non-hydrogen) atoms. The Hall–Kier alpha value is -0.620. The number of nitrogens with one attached hydrogen (secondary N) is 1. The summed E-state index contributed by atoms with van der Waals surface area (Å²) in [4.78, 5) is 14.7. The normalized spacial score (nSPS) is 12.4. The van der Waals surface area contributed by atoms with E-state index in [-0.39, 0.29) is 6.42 Å². The van der Waals surface area contributed by atoms with Crippen molar-refractivity contribution in [1.82, 2.24) is 4.98 Å². The van der Waals surface area contributed by atoms with E-state index in [0.717, 1.165) is 35.5 Å². The number of halogens is 1. The summed E-state index contributed by atoms with van der Waals surface area (Å²) < 4.78 is 0.850. The number of carboxylic acids is 1. The smallest absolute Gasteiger partial charge is 0.303 e. The van der Waals surface area contributed by atoms with Crippen molar-refractivity contribution in [3.63, 3.8) is 0 Å². The first-order valence-electron chi connectivity index (χ1n) is 5.68. The largest absolute Gasteiger partial charge is 0.481 e. The van der Waals surface area contributed by atoms with Crippen LogP contribution in [0.15, 0.2) is 9.98 Å². The van der Waals surface area contributed by atoms with Gasteiger partial charge in [-0.25, -0.2) is 4.98 Å². The van der Waals surface area contributed by atoms with Crippen molar-refractivity contribution in [2.45, 2.75) is 32.6 Å². The average molecular weight is 321 g/mol. The van der Waals surface area contributed by atoms with Crippen LogP contribution in [0.4, 0.5) is 5.13 Å². The van der Waals surface area contributed by atoms with Gasteiger partial charge in [0.25, 0.3) is 0 Å². The SMILES string of the molecule is CCC(CCNc1nc(Br)cs1)CCC(=O)O. The van der Waals surface area contributed by atoms with Crippen LogP contribution < -0.4 is 5.32 Å². The highest BCUT2D eigenvalue weighted by Crippen LogP contribution is 2.20. The molecule has 0 aliphatic carbocycles. The minimum absolute atomic E-state index is 0.265. The first-order valence-corrected chi connectivity index (χ1v) is 7.35. The van der Waals surface area contributed by atoms with E-state index in [1.54, 1.807) is 11.3 Å². The molecule has 1 rings (SSSR count). The van der Waals surface area contributed by atoms with Crippen LogP contribution in [0.5, 0.6) is 0 Å². The summed E-state index contributed by atoms with van der Waals surface area (Å²) in [6.45, 7) is 2.95. The number of aromatic nitrogens is 1. The Kier molecular flexibility index (Phi) is 6.50. The van der Waals surface area contributed by atoms with Crippen molar-refractivity contribution in [2.24, 2.45) is 5.92 Å². The second-order valence-corrected chi connectivity index (χ2v) is 5.57. The lowest BCUT2D eigenvalue weighted by Crippen LogP contribution is -2.10. The molecule has 2 N–H and O–H groups in total. The van der Waals surface area contributed by atoms with Crippen molar-refractivity contribution in [3.05, 3.63) is 9.98 Å². The molecule has 0 amide bonds. The summed E-state index contributed by atoms with van der Waals surface area (Å²) in [7, 11) is 0. The summed E-state index contributed by atoms with van der Waals surface area (Å²) >= 11 is 4.87. The Morgan fingerprint density at radius 3 is 2.94 bits per heavy atom. The van der Waals surface area contributed by atoms with Crippen molar-refractivity contribution in [2.75, 3.05) is 11.9 Å². The summed E-state index contributed by atoms with van der Waals surface area (Å²) in [5.74, 6) is -0.234. The van der Waals surface area contributed by atoms with Crippen molar-refractivity contribution >= 4 is 38.4 Å². The van der Waals surface area contributed by atoms with Gasteiger partial charge in [0.2, 0.25) is 0 Å². The van der Waals surface area contributed by atoms with Gasteiger partial charge in [-0.15, -0.1) is 11.3 Å². The monoisotopic (exact) mass is 320 g/mol. The van der Waals surface area contributed by atoms with Crippen LogP contribution in [-0.2, 0) is 4.79 Å². The molecule has 1 unspecified atom stereocenters. The maximum absolute atomic E-state index is 10.5. The van der Waals surface area contributed by atoms with Gasteiger partial charge < -0.3 is 10.4 Å². The fourth-order valence-corrected chi connectivity index (χ4v) is 2.77. The van der Waals surface area contributed by atoms with E-state index in [4.69, 9.17) is 5.11 Å². The van der Waals surface area contributed by atoms with Crippen LogP contribution in [0.2, 0.25) is 0 Å².